The van der Waals surface area contributed by atoms with Gasteiger partial charge in [-0.05, 0) is 17.5 Å². The second-order valence-electron chi connectivity index (χ2n) is 7.45. The molecule has 0 spiro atoms. The summed E-state index contributed by atoms with van der Waals surface area (Å²) in [5.74, 6) is 0. The summed E-state index contributed by atoms with van der Waals surface area (Å²) < 4.78 is 22.2. The molecule has 0 radical (unpaired) electrons. The lowest BCUT2D eigenvalue weighted by Crippen LogP contribution is -2.45. The molecule has 0 unspecified atom stereocenters. The van der Waals surface area contributed by atoms with Crippen LogP contribution in [-0.2, 0) is 32.2 Å². The van der Waals surface area contributed by atoms with Crippen LogP contribution in [-0.4, -0.2) is 39.6 Å². The van der Waals surface area contributed by atoms with Crippen molar-refractivity contribution in [3.8, 4) is 0 Å². The van der Waals surface area contributed by atoms with Gasteiger partial charge in [-0.3, -0.25) is 0 Å². The average molecular weight is 320 g/mol. The number of rotatable bonds is 9. The topological polar surface area (TPSA) is 36.9 Å². The molecule has 2 aliphatic rings. The average Bonchev–Trinajstić information content (AvgIpc) is 2.50. The lowest BCUT2D eigenvalue weighted by Gasteiger charge is -2.40. The minimum Gasteiger partial charge on any atom is -0.380 e. The summed E-state index contributed by atoms with van der Waals surface area (Å²) in [5, 5.41) is 0. The van der Waals surface area contributed by atoms with E-state index in [0.29, 0.717) is 13.2 Å². The minimum atomic E-state index is 0.217. The largest absolute Gasteiger partial charge is 0.380 e. The standard InChI is InChI=1S/C19H28O4/c1-3-19(14-23-15-19)13-21-9-17-6-4-16(5-7-17)8-20-10-18(2)11-22-12-18/h4-7H,3,8-15H2,1-2H3. The molecule has 0 saturated carbocycles. The van der Waals surface area contributed by atoms with Gasteiger partial charge in [0.15, 0.2) is 0 Å². The maximum Gasteiger partial charge on any atom is 0.0717 e. The highest BCUT2D eigenvalue weighted by Gasteiger charge is 2.37. The molecule has 2 fully saturated rings. The van der Waals surface area contributed by atoms with Crippen LogP contribution < -0.4 is 0 Å². The zero-order chi connectivity index (χ0) is 16.2. The van der Waals surface area contributed by atoms with E-state index in [1.54, 1.807) is 0 Å². The highest BCUT2D eigenvalue weighted by molar-refractivity contribution is 5.21. The van der Waals surface area contributed by atoms with Crippen molar-refractivity contribution in [1.82, 2.24) is 0 Å². The molecule has 3 rings (SSSR count). The summed E-state index contributed by atoms with van der Waals surface area (Å²) in [6.45, 7) is 10.6. The monoisotopic (exact) mass is 320 g/mol. The van der Waals surface area contributed by atoms with Crippen LogP contribution >= 0.6 is 0 Å². The van der Waals surface area contributed by atoms with Gasteiger partial charge in [0.1, 0.15) is 0 Å². The SMILES string of the molecule is CCC1(COCc2ccc(COCC3(C)COC3)cc2)COC1. The summed E-state index contributed by atoms with van der Waals surface area (Å²) in [6.07, 6.45) is 1.12. The van der Waals surface area contributed by atoms with Crippen LogP contribution in [0.15, 0.2) is 24.3 Å². The molecule has 2 heterocycles. The third-order valence-corrected chi connectivity index (χ3v) is 4.89. The molecule has 23 heavy (non-hydrogen) atoms. The maximum absolute atomic E-state index is 5.88. The van der Waals surface area contributed by atoms with Gasteiger partial charge < -0.3 is 18.9 Å². The lowest BCUT2D eigenvalue weighted by atomic mass is 9.84. The third-order valence-electron chi connectivity index (χ3n) is 4.89. The van der Waals surface area contributed by atoms with Crippen LogP contribution in [0.1, 0.15) is 31.4 Å². The Balaban J connectivity index is 1.36. The van der Waals surface area contributed by atoms with Gasteiger partial charge in [-0.1, -0.05) is 38.1 Å². The molecular weight excluding hydrogens is 292 g/mol. The van der Waals surface area contributed by atoms with E-state index in [1.165, 1.54) is 11.1 Å². The number of benzene rings is 1. The molecule has 2 aliphatic heterocycles. The molecule has 0 bridgehead atoms. The van der Waals surface area contributed by atoms with Gasteiger partial charge in [0.25, 0.3) is 0 Å². The van der Waals surface area contributed by atoms with Crippen LogP contribution in [0.3, 0.4) is 0 Å². The van der Waals surface area contributed by atoms with Crippen LogP contribution in [0.2, 0.25) is 0 Å². The van der Waals surface area contributed by atoms with Gasteiger partial charge in [-0.2, -0.15) is 0 Å². The zero-order valence-electron chi connectivity index (χ0n) is 14.3. The molecule has 0 aliphatic carbocycles. The van der Waals surface area contributed by atoms with Crippen molar-refractivity contribution >= 4 is 0 Å². The summed E-state index contributed by atoms with van der Waals surface area (Å²) in [5.41, 5.74) is 2.89. The normalized spacial score (nSPS) is 21.5. The van der Waals surface area contributed by atoms with Crippen molar-refractivity contribution in [2.75, 3.05) is 39.6 Å². The highest BCUT2D eigenvalue weighted by Crippen LogP contribution is 2.31. The van der Waals surface area contributed by atoms with E-state index in [9.17, 15) is 0 Å². The fraction of sp³-hybridized carbons (Fsp3) is 0.684. The third kappa shape index (κ3) is 4.32. The molecule has 4 nitrogen and oxygen atoms in total. The number of hydrogen-bond acceptors (Lipinski definition) is 4. The molecule has 0 atom stereocenters. The fourth-order valence-corrected chi connectivity index (χ4v) is 2.85. The van der Waals surface area contributed by atoms with Crippen molar-refractivity contribution in [3.63, 3.8) is 0 Å². The summed E-state index contributed by atoms with van der Waals surface area (Å²) in [6, 6.07) is 8.51. The summed E-state index contributed by atoms with van der Waals surface area (Å²) in [7, 11) is 0. The van der Waals surface area contributed by atoms with Crippen molar-refractivity contribution in [3.05, 3.63) is 35.4 Å². The Kier molecular flexibility index (Phi) is 5.37. The second-order valence-corrected chi connectivity index (χ2v) is 7.45. The summed E-state index contributed by atoms with van der Waals surface area (Å²) in [4.78, 5) is 0. The van der Waals surface area contributed by atoms with E-state index >= 15 is 0 Å². The Hall–Kier alpha value is -0.940. The first-order valence-electron chi connectivity index (χ1n) is 8.52. The van der Waals surface area contributed by atoms with Crippen LogP contribution in [0.25, 0.3) is 0 Å². The van der Waals surface area contributed by atoms with Crippen LogP contribution in [0.4, 0.5) is 0 Å². The van der Waals surface area contributed by atoms with Crippen molar-refractivity contribution in [2.45, 2.75) is 33.5 Å². The van der Waals surface area contributed by atoms with Gasteiger partial charge >= 0.3 is 0 Å². The number of ether oxygens (including phenoxy) is 4. The van der Waals surface area contributed by atoms with Gasteiger partial charge in [0.05, 0.1) is 52.9 Å². The molecule has 0 amide bonds. The Labute approximate surface area is 139 Å². The van der Waals surface area contributed by atoms with E-state index in [0.717, 1.165) is 46.1 Å². The smallest absolute Gasteiger partial charge is 0.0717 e. The lowest BCUT2D eigenvalue weighted by molar-refractivity contribution is -0.152. The van der Waals surface area contributed by atoms with E-state index in [1.807, 2.05) is 0 Å². The zero-order valence-corrected chi connectivity index (χ0v) is 14.3. The van der Waals surface area contributed by atoms with Gasteiger partial charge in [-0.25, -0.2) is 0 Å². The predicted octanol–water partition coefficient (Wildman–Crippen LogP) is 3.18. The Morgan fingerprint density at radius 3 is 1.78 bits per heavy atom. The van der Waals surface area contributed by atoms with E-state index < -0.39 is 0 Å². The first-order chi connectivity index (χ1) is 11.1. The fourth-order valence-electron chi connectivity index (χ4n) is 2.85. The molecular formula is C19H28O4. The van der Waals surface area contributed by atoms with Crippen LogP contribution in [0.5, 0.6) is 0 Å². The molecule has 128 valence electrons. The van der Waals surface area contributed by atoms with Crippen molar-refractivity contribution in [1.29, 1.82) is 0 Å². The molecule has 0 N–H and O–H groups in total. The molecule has 1 aromatic rings. The van der Waals surface area contributed by atoms with Crippen LogP contribution in [0, 0.1) is 10.8 Å². The predicted molar refractivity (Wildman–Crippen MR) is 88.2 cm³/mol. The first kappa shape index (κ1) is 16.9. The van der Waals surface area contributed by atoms with E-state index in [4.69, 9.17) is 18.9 Å². The van der Waals surface area contributed by atoms with E-state index in [2.05, 4.69) is 38.1 Å². The first-order valence-corrected chi connectivity index (χ1v) is 8.52. The minimum absolute atomic E-state index is 0.217. The highest BCUT2D eigenvalue weighted by atomic mass is 16.5. The van der Waals surface area contributed by atoms with Crippen molar-refractivity contribution in [2.24, 2.45) is 10.8 Å². The van der Waals surface area contributed by atoms with Gasteiger partial charge in [0.2, 0.25) is 0 Å². The molecule has 4 heteroatoms. The molecule has 2 saturated heterocycles. The Morgan fingerprint density at radius 1 is 0.870 bits per heavy atom. The number of hydrogen-bond donors (Lipinski definition) is 0. The second kappa shape index (κ2) is 7.31. The summed E-state index contributed by atoms with van der Waals surface area (Å²) >= 11 is 0. The Morgan fingerprint density at radius 2 is 1.39 bits per heavy atom. The van der Waals surface area contributed by atoms with Crippen molar-refractivity contribution < 1.29 is 18.9 Å². The van der Waals surface area contributed by atoms with Gasteiger partial charge in [-0.15, -0.1) is 0 Å². The molecule has 1 aromatic carbocycles. The van der Waals surface area contributed by atoms with Gasteiger partial charge in [0, 0.05) is 10.8 Å². The Bertz CT molecular complexity index is 483. The quantitative estimate of drug-likeness (QED) is 0.700. The maximum atomic E-state index is 5.88. The molecule has 0 aromatic heterocycles. The van der Waals surface area contributed by atoms with E-state index in [-0.39, 0.29) is 10.8 Å².